The molecule has 0 bridgehead atoms. The SMILES string of the molecule is COc1ccccc1N1CC[NH+](CC(=O)N(C)[C@H]2CCS(=O)(=O)C2)CC1. The van der Waals surface area contributed by atoms with Gasteiger partial charge in [0.2, 0.25) is 0 Å². The highest BCUT2D eigenvalue weighted by Crippen LogP contribution is 2.27. The number of hydrogen-bond acceptors (Lipinski definition) is 5. The van der Waals surface area contributed by atoms with Gasteiger partial charge in [0.15, 0.2) is 16.4 Å². The van der Waals surface area contributed by atoms with Crippen molar-refractivity contribution < 1.29 is 22.8 Å². The van der Waals surface area contributed by atoms with Crippen LogP contribution in [0.1, 0.15) is 6.42 Å². The largest absolute Gasteiger partial charge is 0.495 e. The lowest BCUT2D eigenvalue weighted by Crippen LogP contribution is -3.16. The van der Waals surface area contributed by atoms with Crippen LogP contribution in [-0.2, 0) is 14.6 Å². The number of anilines is 1. The summed E-state index contributed by atoms with van der Waals surface area (Å²) in [6.45, 7) is 3.91. The molecule has 0 unspecified atom stereocenters. The van der Waals surface area contributed by atoms with E-state index in [1.807, 2.05) is 18.2 Å². The van der Waals surface area contributed by atoms with E-state index in [0.29, 0.717) is 13.0 Å². The maximum absolute atomic E-state index is 12.5. The van der Waals surface area contributed by atoms with Crippen LogP contribution in [0.4, 0.5) is 5.69 Å². The van der Waals surface area contributed by atoms with Gasteiger partial charge in [-0.25, -0.2) is 8.42 Å². The molecule has 1 N–H and O–H groups in total. The summed E-state index contributed by atoms with van der Waals surface area (Å²) in [7, 11) is 0.442. The molecule has 2 saturated heterocycles. The van der Waals surface area contributed by atoms with Crippen LogP contribution in [0.2, 0.25) is 0 Å². The predicted octanol–water partition coefficient (Wildman–Crippen LogP) is -0.954. The van der Waals surface area contributed by atoms with Crippen molar-refractivity contribution in [3.05, 3.63) is 24.3 Å². The Morgan fingerprint density at radius 3 is 2.62 bits per heavy atom. The number of rotatable bonds is 5. The normalized spacial score (nSPS) is 23.0. The fraction of sp³-hybridized carbons (Fsp3) is 0.611. The van der Waals surface area contributed by atoms with E-state index >= 15 is 0 Å². The molecule has 0 spiro atoms. The van der Waals surface area contributed by atoms with Crippen molar-refractivity contribution in [2.45, 2.75) is 12.5 Å². The summed E-state index contributed by atoms with van der Waals surface area (Å²) in [4.78, 5) is 17.7. The Morgan fingerprint density at radius 2 is 2.00 bits per heavy atom. The number of likely N-dealkylation sites (N-methyl/N-ethyl adjacent to an activating group) is 1. The molecular formula is C18H28N3O4S+. The van der Waals surface area contributed by atoms with Crippen LogP contribution < -0.4 is 14.5 Å². The van der Waals surface area contributed by atoms with Gasteiger partial charge in [0.05, 0.1) is 50.5 Å². The van der Waals surface area contributed by atoms with E-state index in [2.05, 4.69) is 11.0 Å². The summed E-state index contributed by atoms with van der Waals surface area (Å²) in [5, 5.41) is 0. The highest BCUT2D eigenvalue weighted by molar-refractivity contribution is 7.91. The molecule has 2 heterocycles. The number of quaternary nitrogens is 1. The Labute approximate surface area is 155 Å². The monoisotopic (exact) mass is 382 g/mol. The lowest BCUT2D eigenvalue weighted by atomic mass is 10.2. The van der Waals surface area contributed by atoms with Gasteiger partial charge in [0, 0.05) is 13.1 Å². The third kappa shape index (κ3) is 4.29. The van der Waals surface area contributed by atoms with Gasteiger partial charge in [0.25, 0.3) is 5.91 Å². The van der Waals surface area contributed by atoms with E-state index in [9.17, 15) is 13.2 Å². The summed E-state index contributed by atoms with van der Waals surface area (Å²) >= 11 is 0. The van der Waals surface area contributed by atoms with Gasteiger partial charge in [-0.3, -0.25) is 4.79 Å². The van der Waals surface area contributed by atoms with E-state index in [4.69, 9.17) is 4.74 Å². The Hall–Kier alpha value is -1.80. The Morgan fingerprint density at radius 1 is 1.31 bits per heavy atom. The van der Waals surface area contributed by atoms with Crippen molar-refractivity contribution in [2.24, 2.45) is 0 Å². The van der Waals surface area contributed by atoms with E-state index < -0.39 is 9.84 Å². The smallest absolute Gasteiger partial charge is 0.277 e. The molecule has 1 atom stereocenters. The second-order valence-electron chi connectivity index (χ2n) is 7.15. The van der Waals surface area contributed by atoms with Crippen LogP contribution in [0.15, 0.2) is 24.3 Å². The Kier molecular flexibility index (Phi) is 5.72. The number of para-hydroxylation sites is 2. The first-order chi connectivity index (χ1) is 12.4. The zero-order valence-electron chi connectivity index (χ0n) is 15.5. The van der Waals surface area contributed by atoms with Crippen molar-refractivity contribution in [3.8, 4) is 5.75 Å². The molecule has 2 fully saturated rings. The number of benzene rings is 1. The number of carbonyl (C=O) groups excluding carboxylic acids is 1. The predicted molar refractivity (Wildman–Crippen MR) is 101 cm³/mol. The molecule has 2 aliphatic rings. The molecule has 144 valence electrons. The number of sulfone groups is 1. The first-order valence-electron chi connectivity index (χ1n) is 9.07. The van der Waals surface area contributed by atoms with Gasteiger partial charge in [-0.15, -0.1) is 0 Å². The number of hydrogen-bond donors (Lipinski definition) is 1. The van der Waals surface area contributed by atoms with Crippen molar-refractivity contribution in [2.75, 3.05) is 63.3 Å². The quantitative estimate of drug-likeness (QED) is 0.711. The van der Waals surface area contributed by atoms with Gasteiger partial charge in [0.1, 0.15) is 5.75 Å². The Balaban J connectivity index is 1.51. The minimum absolute atomic E-state index is 0.0350. The highest BCUT2D eigenvalue weighted by Gasteiger charge is 2.34. The van der Waals surface area contributed by atoms with E-state index in [1.165, 1.54) is 4.90 Å². The van der Waals surface area contributed by atoms with Gasteiger partial charge >= 0.3 is 0 Å². The molecule has 26 heavy (non-hydrogen) atoms. The third-order valence-electron chi connectivity index (χ3n) is 5.45. The van der Waals surface area contributed by atoms with Crippen LogP contribution in [0.3, 0.4) is 0 Å². The highest BCUT2D eigenvalue weighted by atomic mass is 32.2. The molecule has 0 saturated carbocycles. The molecule has 0 aromatic heterocycles. The second kappa shape index (κ2) is 7.84. The minimum atomic E-state index is -2.97. The molecule has 1 aromatic carbocycles. The zero-order chi connectivity index (χ0) is 18.7. The first kappa shape index (κ1) is 19.0. The number of nitrogens with zero attached hydrogens (tertiary/aromatic N) is 2. The lowest BCUT2D eigenvalue weighted by Gasteiger charge is -2.35. The molecule has 7 nitrogen and oxygen atoms in total. The van der Waals surface area contributed by atoms with Gasteiger partial charge in [-0.1, -0.05) is 12.1 Å². The fourth-order valence-electron chi connectivity index (χ4n) is 3.75. The topological polar surface area (TPSA) is 71.4 Å². The van der Waals surface area contributed by atoms with E-state index in [-0.39, 0.29) is 23.5 Å². The molecule has 3 rings (SSSR count). The maximum Gasteiger partial charge on any atom is 0.277 e. The number of amides is 1. The summed E-state index contributed by atoms with van der Waals surface area (Å²) in [5.41, 5.74) is 1.09. The number of ether oxygens (including phenoxy) is 1. The second-order valence-corrected chi connectivity index (χ2v) is 9.38. The molecule has 2 aliphatic heterocycles. The van der Waals surface area contributed by atoms with Crippen molar-refractivity contribution in [1.29, 1.82) is 0 Å². The standard InChI is InChI=1S/C18H27N3O4S/c1-19(15-7-12-26(23,24)14-15)18(22)13-20-8-10-21(11-9-20)16-5-3-4-6-17(16)25-2/h3-6,15H,7-14H2,1-2H3/p+1/t15-/m0/s1. The summed E-state index contributed by atoms with van der Waals surface area (Å²) < 4.78 is 28.7. The van der Waals surface area contributed by atoms with E-state index in [0.717, 1.165) is 37.6 Å². The van der Waals surface area contributed by atoms with Crippen molar-refractivity contribution in [1.82, 2.24) is 4.90 Å². The lowest BCUT2D eigenvalue weighted by molar-refractivity contribution is -0.892. The fourth-order valence-corrected chi connectivity index (χ4v) is 5.53. The zero-order valence-corrected chi connectivity index (χ0v) is 16.3. The molecule has 1 amide bonds. The van der Waals surface area contributed by atoms with Crippen LogP contribution in [0.25, 0.3) is 0 Å². The van der Waals surface area contributed by atoms with Crippen molar-refractivity contribution >= 4 is 21.4 Å². The molecule has 8 heteroatoms. The van der Waals surface area contributed by atoms with Crippen LogP contribution in [0.5, 0.6) is 5.75 Å². The maximum atomic E-state index is 12.5. The number of methoxy groups -OCH3 is 1. The third-order valence-corrected chi connectivity index (χ3v) is 7.20. The van der Waals surface area contributed by atoms with Crippen molar-refractivity contribution in [3.63, 3.8) is 0 Å². The average molecular weight is 383 g/mol. The minimum Gasteiger partial charge on any atom is -0.495 e. The summed E-state index contributed by atoms with van der Waals surface area (Å²) in [6.07, 6.45) is 0.557. The first-order valence-corrected chi connectivity index (χ1v) is 10.9. The average Bonchev–Trinajstić information content (AvgIpc) is 3.01. The number of nitrogens with one attached hydrogen (secondary N) is 1. The number of piperazine rings is 1. The molecule has 0 radical (unpaired) electrons. The molecular weight excluding hydrogens is 354 g/mol. The molecule has 0 aliphatic carbocycles. The number of carbonyl (C=O) groups is 1. The van der Waals surface area contributed by atoms with Gasteiger partial charge in [-0.05, 0) is 18.6 Å². The van der Waals surface area contributed by atoms with Crippen LogP contribution in [-0.4, -0.2) is 83.7 Å². The van der Waals surface area contributed by atoms with Crippen LogP contribution >= 0.6 is 0 Å². The summed E-state index contributed by atoms with van der Waals surface area (Å²) in [6, 6.07) is 7.82. The van der Waals surface area contributed by atoms with E-state index in [1.54, 1.807) is 19.1 Å². The Bertz CT molecular complexity index is 745. The van der Waals surface area contributed by atoms with Gasteiger partial charge in [-0.2, -0.15) is 0 Å². The molecule has 1 aromatic rings. The summed E-state index contributed by atoms with van der Waals surface area (Å²) in [5.74, 6) is 1.20. The van der Waals surface area contributed by atoms with Gasteiger partial charge < -0.3 is 19.4 Å². The van der Waals surface area contributed by atoms with Crippen LogP contribution in [0, 0.1) is 0 Å².